The normalized spacial score (nSPS) is 33.1. The summed E-state index contributed by atoms with van der Waals surface area (Å²) in [4.78, 5) is 35.6. The second kappa shape index (κ2) is 4.59. The lowest BCUT2D eigenvalue weighted by atomic mass is 9.72. The van der Waals surface area contributed by atoms with E-state index in [1.807, 2.05) is 0 Å². The van der Waals surface area contributed by atoms with Crippen molar-refractivity contribution in [3.05, 3.63) is 0 Å². The van der Waals surface area contributed by atoms with Gasteiger partial charge in [-0.25, -0.2) is 0 Å². The minimum Gasteiger partial charge on any atom is -0.465 e. The number of ether oxygens (including phenoxy) is 1. The Morgan fingerprint density at radius 1 is 1.41 bits per heavy atom. The van der Waals surface area contributed by atoms with Crippen molar-refractivity contribution in [1.29, 1.82) is 0 Å². The largest absolute Gasteiger partial charge is 0.465 e. The Bertz CT molecular complexity index is 360. The van der Waals surface area contributed by atoms with Gasteiger partial charge in [-0.3, -0.25) is 14.4 Å². The van der Waals surface area contributed by atoms with Crippen molar-refractivity contribution in [2.45, 2.75) is 45.4 Å². The molecule has 4 heteroatoms. The van der Waals surface area contributed by atoms with E-state index >= 15 is 0 Å². The number of rotatable bonds is 3. The maximum atomic E-state index is 12.1. The first-order valence-corrected chi connectivity index (χ1v) is 6.33. The van der Waals surface area contributed by atoms with Crippen LogP contribution in [0.3, 0.4) is 0 Å². The first-order valence-electron chi connectivity index (χ1n) is 6.33. The topological polar surface area (TPSA) is 60.4 Å². The average molecular weight is 238 g/mol. The molecule has 0 N–H and O–H groups in total. The Kier molecular flexibility index (Phi) is 3.31. The summed E-state index contributed by atoms with van der Waals surface area (Å²) in [7, 11) is 0. The first kappa shape index (κ1) is 12.3. The SMILES string of the molecule is CCOC(=O)C1(C2CCC(=O)C2)CCCC1=O. The maximum absolute atomic E-state index is 12.1. The summed E-state index contributed by atoms with van der Waals surface area (Å²) in [5.41, 5.74) is -0.998. The molecule has 0 aromatic carbocycles. The maximum Gasteiger partial charge on any atom is 0.319 e. The molecule has 0 aromatic heterocycles. The Balaban J connectivity index is 2.27. The number of esters is 1. The van der Waals surface area contributed by atoms with Gasteiger partial charge in [0, 0.05) is 19.3 Å². The second-order valence-electron chi connectivity index (χ2n) is 4.95. The molecule has 0 amide bonds. The smallest absolute Gasteiger partial charge is 0.319 e. The second-order valence-corrected chi connectivity index (χ2v) is 4.95. The lowest BCUT2D eigenvalue weighted by Crippen LogP contribution is -2.42. The summed E-state index contributed by atoms with van der Waals surface area (Å²) in [6, 6.07) is 0. The van der Waals surface area contributed by atoms with Crippen molar-refractivity contribution < 1.29 is 19.1 Å². The molecular formula is C13H18O4. The molecule has 94 valence electrons. The molecule has 0 radical (unpaired) electrons. The highest BCUT2D eigenvalue weighted by atomic mass is 16.5. The number of hydrogen-bond acceptors (Lipinski definition) is 4. The van der Waals surface area contributed by atoms with Crippen molar-refractivity contribution >= 4 is 17.5 Å². The third-order valence-corrected chi connectivity index (χ3v) is 4.05. The van der Waals surface area contributed by atoms with Gasteiger partial charge in [0.05, 0.1) is 6.61 Å². The molecule has 2 fully saturated rings. The van der Waals surface area contributed by atoms with E-state index in [0.29, 0.717) is 32.1 Å². The van der Waals surface area contributed by atoms with Gasteiger partial charge in [-0.1, -0.05) is 0 Å². The van der Waals surface area contributed by atoms with Gasteiger partial charge in [-0.2, -0.15) is 0 Å². The van der Waals surface area contributed by atoms with Gasteiger partial charge in [0.1, 0.15) is 17.0 Å². The average Bonchev–Trinajstić information content (AvgIpc) is 2.86. The fourth-order valence-corrected chi connectivity index (χ4v) is 3.20. The Morgan fingerprint density at radius 3 is 2.65 bits per heavy atom. The van der Waals surface area contributed by atoms with Crippen molar-refractivity contribution in [2.75, 3.05) is 6.61 Å². The number of ketones is 2. The van der Waals surface area contributed by atoms with Crippen LogP contribution in [0.1, 0.15) is 45.4 Å². The molecule has 2 aliphatic carbocycles. The van der Waals surface area contributed by atoms with Crippen LogP contribution in [0, 0.1) is 11.3 Å². The zero-order valence-electron chi connectivity index (χ0n) is 10.2. The van der Waals surface area contributed by atoms with Gasteiger partial charge in [-0.15, -0.1) is 0 Å². The van der Waals surface area contributed by atoms with Gasteiger partial charge in [0.25, 0.3) is 0 Å². The third kappa shape index (κ3) is 1.90. The summed E-state index contributed by atoms with van der Waals surface area (Å²) >= 11 is 0. The molecule has 17 heavy (non-hydrogen) atoms. The molecule has 2 atom stereocenters. The Labute approximate surface area is 101 Å². The number of carbonyl (C=O) groups excluding carboxylic acids is 3. The predicted molar refractivity (Wildman–Crippen MR) is 60.3 cm³/mol. The standard InChI is InChI=1S/C13H18O4/c1-2-17-12(16)13(7-3-4-11(13)15)9-5-6-10(14)8-9/h9H,2-8H2,1H3. The fourth-order valence-electron chi connectivity index (χ4n) is 3.20. The lowest BCUT2D eigenvalue weighted by Gasteiger charge is -2.30. The van der Waals surface area contributed by atoms with E-state index in [4.69, 9.17) is 4.74 Å². The predicted octanol–water partition coefficient (Wildman–Crippen LogP) is 1.66. The highest BCUT2D eigenvalue weighted by Crippen LogP contribution is 2.48. The quantitative estimate of drug-likeness (QED) is 0.554. The van der Waals surface area contributed by atoms with Gasteiger partial charge in [-0.05, 0) is 32.1 Å². The molecule has 0 bridgehead atoms. The highest BCUT2D eigenvalue weighted by molar-refractivity contribution is 6.06. The molecule has 4 nitrogen and oxygen atoms in total. The van der Waals surface area contributed by atoms with Crippen molar-refractivity contribution in [3.8, 4) is 0 Å². The van der Waals surface area contributed by atoms with Crippen LogP contribution in [-0.4, -0.2) is 24.1 Å². The number of carbonyl (C=O) groups is 3. The minimum atomic E-state index is -0.998. The van der Waals surface area contributed by atoms with E-state index in [2.05, 4.69) is 0 Å². The summed E-state index contributed by atoms with van der Waals surface area (Å²) in [5.74, 6) is -0.375. The van der Waals surface area contributed by atoms with Crippen molar-refractivity contribution in [2.24, 2.45) is 11.3 Å². The van der Waals surface area contributed by atoms with Crippen LogP contribution in [0.25, 0.3) is 0 Å². The summed E-state index contributed by atoms with van der Waals surface area (Å²) in [6.45, 7) is 2.03. The van der Waals surface area contributed by atoms with E-state index in [1.54, 1.807) is 6.92 Å². The van der Waals surface area contributed by atoms with Crippen LogP contribution in [0.15, 0.2) is 0 Å². The molecule has 0 aromatic rings. The van der Waals surface area contributed by atoms with E-state index in [1.165, 1.54) is 0 Å². The molecule has 0 spiro atoms. The van der Waals surface area contributed by atoms with Crippen LogP contribution < -0.4 is 0 Å². The van der Waals surface area contributed by atoms with Crippen LogP contribution in [0.4, 0.5) is 0 Å². The first-order chi connectivity index (χ1) is 8.11. The van der Waals surface area contributed by atoms with E-state index in [0.717, 1.165) is 6.42 Å². The minimum absolute atomic E-state index is 0.0179. The number of Topliss-reactive ketones (excluding diaryl/α,β-unsaturated/α-hetero) is 2. The molecule has 2 rings (SSSR count). The Hall–Kier alpha value is -1.19. The van der Waals surface area contributed by atoms with Gasteiger partial charge in [0.2, 0.25) is 0 Å². The van der Waals surface area contributed by atoms with Gasteiger partial charge in [0.15, 0.2) is 0 Å². The number of hydrogen-bond donors (Lipinski definition) is 0. The molecule has 0 heterocycles. The molecule has 0 saturated heterocycles. The summed E-state index contributed by atoms with van der Waals surface area (Å²) < 4.78 is 5.08. The van der Waals surface area contributed by atoms with Gasteiger partial charge < -0.3 is 4.74 Å². The van der Waals surface area contributed by atoms with E-state index < -0.39 is 11.4 Å². The summed E-state index contributed by atoms with van der Waals surface area (Å²) in [5, 5.41) is 0. The van der Waals surface area contributed by atoms with Crippen molar-refractivity contribution in [3.63, 3.8) is 0 Å². The molecule has 2 aliphatic rings. The van der Waals surface area contributed by atoms with Crippen LogP contribution in [0.5, 0.6) is 0 Å². The summed E-state index contributed by atoms with van der Waals surface area (Å²) in [6.07, 6.45) is 3.27. The Morgan fingerprint density at radius 2 is 2.18 bits per heavy atom. The zero-order valence-corrected chi connectivity index (χ0v) is 10.2. The lowest BCUT2D eigenvalue weighted by molar-refractivity contribution is -0.162. The van der Waals surface area contributed by atoms with E-state index in [9.17, 15) is 14.4 Å². The molecule has 2 saturated carbocycles. The van der Waals surface area contributed by atoms with Crippen LogP contribution in [0.2, 0.25) is 0 Å². The highest BCUT2D eigenvalue weighted by Gasteiger charge is 2.56. The van der Waals surface area contributed by atoms with Crippen LogP contribution in [-0.2, 0) is 19.1 Å². The molecule has 0 aliphatic heterocycles. The molecular weight excluding hydrogens is 220 g/mol. The van der Waals surface area contributed by atoms with E-state index in [-0.39, 0.29) is 24.1 Å². The third-order valence-electron chi connectivity index (χ3n) is 4.05. The fraction of sp³-hybridized carbons (Fsp3) is 0.769. The zero-order chi connectivity index (χ0) is 12.5. The van der Waals surface area contributed by atoms with Crippen LogP contribution >= 0.6 is 0 Å². The van der Waals surface area contributed by atoms with Gasteiger partial charge >= 0.3 is 5.97 Å². The molecule has 2 unspecified atom stereocenters. The monoisotopic (exact) mass is 238 g/mol. The van der Waals surface area contributed by atoms with Crippen molar-refractivity contribution in [1.82, 2.24) is 0 Å².